The summed E-state index contributed by atoms with van der Waals surface area (Å²) in [5.74, 6) is 3.17. The normalized spacial score (nSPS) is 19.5. The van der Waals surface area contributed by atoms with Crippen LogP contribution in [0.1, 0.15) is 22.7 Å². The zero-order valence-electron chi connectivity index (χ0n) is 13.8. The number of hydrogen-bond donors (Lipinski definition) is 1. The molecule has 1 aliphatic carbocycles. The summed E-state index contributed by atoms with van der Waals surface area (Å²) in [4.78, 5) is 0. The van der Waals surface area contributed by atoms with Gasteiger partial charge >= 0.3 is 0 Å². The molecule has 0 saturated heterocycles. The van der Waals surface area contributed by atoms with E-state index in [1.54, 1.807) is 14.2 Å². The van der Waals surface area contributed by atoms with Gasteiger partial charge in [0, 0.05) is 17.2 Å². The van der Waals surface area contributed by atoms with Crippen LogP contribution in [0.25, 0.3) is 11.1 Å². The number of fused-ring (bicyclic) bond motifs is 4. The van der Waals surface area contributed by atoms with E-state index in [0.717, 1.165) is 53.5 Å². The average Bonchev–Trinajstić information content (AvgIpc) is 3.08. The number of rotatable bonds is 2. The molecule has 0 amide bonds. The van der Waals surface area contributed by atoms with Crippen molar-refractivity contribution in [3.63, 3.8) is 0 Å². The van der Waals surface area contributed by atoms with E-state index in [1.807, 2.05) is 6.07 Å². The summed E-state index contributed by atoms with van der Waals surface area (Å²) in [6.07, 6.45) is 1.94. The first kappa shape index (κ1) is 14.0. The molecule has 1 atom stereocenters. The lowest BCUT2D eigenvalue weighted by atomic mass is 9.77. The molecule has 0 aromatic heterocycles. The Morgan fingerprint density at radius 2 is 2.00 bits per heavy atom. The molecule has 0 saturated carbocycles. The van der Waals surface area contributed by atoms with E-state index < -0.39 is 0 Å². The van der Waals surface area contributed by atoms with Crippen LogP contribution < -0.4 is 24.3 Å². The lowest BCUT2D eigenvalue weighted by Gasteiger charge is -2.35. The van der Waals surface area contributed by atoms with Crippen molar-refractivity contribution < 1.29 is 18.9 Å². The number of hydrogen-bond acceptors (Lipinski definition) is 5. The molecule has 0 radical (unpaired) electrons. The van der Waals surface area contributed by atoms with Crippen molar-refractivity contribution in [3.8, 4) is 34.1 Å². The fraction of sp³-hybridized carbons (Fsp3) is 0.368. The molecular weight excluding hydrogens is 306 g/mol. The summed E-state index contributed by atoms with van der Waals surface area (Å²) in [5, 5.41) is 3.65. The van der Waals surface area contributed by atoms with Crippen molar-refractivity contribution in [2.24, 2.45) is 0 Å². The minimum atomic E-state index is 0.269. The van der Waals surface area contributed by atoms with E-state index in [1.165, 1.54) is 16.7 Å². The molecular formula is C19H19NO4. The monoisotopic (exact) mass is 325 g/mol. The predicted molar refractivity (Wildman–Crippen MR) is 89.3 cm³/mol. The zero-order valence-corrected chi connectivity index (χ0v) is 13.8. The minimum Gasteiger partial charge on any atom is -0.493 e. The Morgan fingerprint density at radius 3 is 2.83 bits per heavy atom. The number of nitrogens with one attached hydrogen (secondary N) is 1. The summed E-state index contributed by atoms with van der Waals surface area (Å²) < 4.78 is 22.8. The van der Waals surface area contributed by atoms with Gasteiger partial charge in [-0.1, -0.05) is 6.07 Å². The molecule has 2 aromatic carbocycles. The Bertz CT molecular complexity index is 846. The van der Waals surface area contributed by atoms with E-state index in [-0.39, 0.29) is 6.79 Å². The van der Waals surface area contributed by atoms with Crippen molar-refractivity contribution in [1.82, 2.24) is 5.32 Å². The minimum absolute atomic E-state index is 0.269. The summed E-state index contributed by atoms with van der Waals surface area (Å²) in [6, 6.07) is 6.56. The second-order valence-corrected chi connectivity index (χ2v) is 6.35. The van der Waals surface area contributed by atoms with Crippen LogP contribution in [0.2, 0.25) is 0 Å². The molecule has 2 aromatic rings. The highest BCUT2D eigenvalue weighted by molar-refractivity contribution is 5.88. The van der Waals surface area contributed by atoms with Gasteiger partial charge in [0.25, 0.3) is 0 Å². The van der Waals surface area contributed by atoms with Gasteiger partial charge in [-0.15, -0.1) is 0 Å². The third-order valence-electron chi connectivity index (χ3n) is 5.23. The Hall–Kier alpha value is -2.40. The maximum atomic E-state index is 5.85. The summed E-state index contributed by atoms with van der Waals surface area (Å²) in [6.45, 7) is 1.25. The molecule has 2 heterocycles. The SMILES string of the molecule is COc1ccc2c(c1OC)-c1c3c(cc4c1C(C2)NCC4)OCO3. The molecule has 5 heteroatoms. The third-order valence-corrected chi connectivity index (χ3v) is 5.23. The Labute approximate surface area is 140 Å². The molecule has 0 spiro atoms. The largest absolute Gasteiger partial charge is 0.493 e. The first-order valence-electron chi connectivity index (χ1n) is 8.24. The van der Waals surface area contributed by atoms with E-state index in [0.29, 0.717) is 6.04 Å². The van der Waals surface area contributed by atoms with Crippen LogP contribution in [0.5, 0.6) is 23.0 Å². The van der Waals surface area contributed by atoms with Crippen LogP contribution in [0.15, 0.2) is 18.2 Å². The Morgan fingerprint density at radius 1 is 1.08 bits per heavy atom. The van der Waals surface area contributed by atoms with Gasteiger partial charge < -0.3 is 24.3 Å². The average molecular weight is 325 g/mol. The topological polar surface area (TPSA) is 49.0 Å². The third kappa shape index (κ3) is 1.73. The van der Waals surface area contributed by atoms with Gasteiger partial charge in [0.05, 0.1) is 14.2 Å². The highest BCUT2D eigenvalue weighted by Gasteiger charge is 2.37. The van der Waals surface area contributed by atoms with Gasteiger partial charge in [-0.05, 0) is 48.2 Å². The summed E-state index contributed by atoms with van der Waals surface area (Å²) in [7, 11) is 3.36. The van der Waals surface area contributed by atoms with Gasteiger partial charge in [-0.3, -0.25) is 0 Å². The van der Waals surface area contributed by atoms with Gasteiger partial charge in [0.15, 0.2) is 23.0 Å². The smallest absolute Gasteiger partial charge is 0.231 e. The van der Waals surface area contributed by atoms with E-state index >= 15 is 0 Å². The first-order chi connectivity index (χ1) is 11.8. The molecule has 5 rings (SSSR count). The Balaban J connectivity index is 1.89. The molecule has 2 aliphatic heterocycles. The maximum Gasteiger partial charge on any atom is 0.231 e. The van der Waals surface area contributed by atoms with Gasteiger partial charge in [-0.2, -0.15) is 0 Å². The number of ether oxygens (including phenoxy) is 4. The molecule has 3 aliphatic rings. The fourth-order valence-corrected chi connectivity index (χ4v) is 4.25. The summed E-state index contributed by atoms with van der Waals surface area (Å²) in [5.41, 5.74) is 6.09. The van der Waals surface area contributed by atoms with Crippen LogP contribution in [0.4, 0.5) is 0 Å². The standard InChI is InChI=1S/C19H19NO4/c1-21-13-4-3-10-7-12-15-11(5-6-20-12)8-14-19(24-9-23-14)17(15)16(10)18(13)22-2/h3-4,8,12,20H,5-7,9H2,1-2H3. The predicted octanol–water partition coefficient (Wildman–Crippen LogP) is 2.84. The molecule has 5 nitrogen and oxygen atoms in total. The van der Waals surface area contributed by atoms with Crippen LogP contribution in [0, 0.1) is 0 Å². The van der Waals surface area contributed by atoms with E-state index in [9.17, 15) is 0 Å². The molecule has 0 fully saturated rings. The van der Waals surface area contributed by atoms with Crippen LogP contribution in [0.3, 0.4) is 0 Å². The molecule has 1 unspecified atom stereocenters. The van der Waals surface area contributed by atoms with Crippen LogP contribution >= 0.6 is 0 Å². The lowest BCUT2D eigenvalue weighted by Crippen LogP contribution is -2.33. The molecule has 124 valence electrons. The zero-order chi connectivity index (χ0) is 16.3. The van der Waals surface area contributed by atoms with Crippen molar-refractivity contribution in [2.45, 2.75) is 18.9 Å². The number of methoxy groups -OCH3 is 2. The molecule has 0 bridgehead atoms. The van der Waals surface area contributed by atoms with Crippen LogP contribution in [-0.4, -0.2) is 27.6 Å². The molecule has 1 N–H and O–H groups in total. The van der Waals surface area contributed by atoms with Crippen LogP contribution in [-0.2, 0) is 12.8 Å². The van der Waals surface area contributed by atoms with Gasteiger partial charge in [0.1, 0.15) is 0 Å². The van der Waals surface area contributed by atoms with Crippen molar-refractivity contribution in [1.29, 1.82) is 0 Å². The Kier molecular flexibility index (Phi) is 2.94. The summed E-state index contributed by atoms with van der Waals surface area (Å²) >= 11 is 0. The quantitative estimate of drug-likeness (QED) is 0.920. The van der Waals surface area contributed by atoms with Gasteiger partial charge in [-0.25, -0.2) is 0 Å². The maximum absolute atomic E-state index is 5.85. The highest BCUT2D eigenvalue weighted by atomic mass is 16.7. The highest BCUT2D eigenvalue weighted by Crippen LogP contribution is 2.56. The second kappa shape index (κ2) is 5.05. The van der Waals surface area contributed by atoms with E-state index in [2.05, 4.69) is 17.4 Å². The fourth-order valence-electron chi connectivity index (χ4n) is 4.25. The van der Waals surface area contributed by atoms with Crippen molar-refractivity contribution in [3.05, 3.63) is 34.9 Å². The number of benzene rings is 2. The molecule has 24 heavy (non-hydrogen) atoms. The second-order valence-electron chi connectivity index (χ2n) is 6.35. The van der Waals surface area contributed by atoms with Crippen molar-refractivity contribution in [2.75, 3.05) is 27.6 Å². The lowest BCUT2D eigenvalue weighted by molar-refractivity contribution is 0.174. The van der Waals surface area contributed by atoms with Crippen molar-refractivity contribution >= 4 is 0 Å². The van der Waals surface area contributed by atoms with E-state index in [4.69, 9.17) is 18.9 Å². The van der Waals surface area contributed by atoms with Gasteiger partial charge in [0.2, 0.25) is 6.79 Å². The first-order valence-corrected chi connectivity index (χ1v) is 8.24.